The van der Waals surface area contributed by atoms with E-state index in [1.165, 1.54) is 42.7 Å². The van der Waals surface area contributed by atoms with Crippen LogP contribution in [0.2, 0.25) is 0 Å². The third-order valence-electron chi connectivity index (χ3n) is 7.37. The lowest BCUT2D eigenvalue weighted by Gasteiger charge is -2.34. The third-order valence-corrected chi connectivity index (χ3v) is 9.57. The summed E-state index contributed by atoms with van der Waals surface area (Å²) < 4.78 is 1.14. The van der Waals surface area contributed by atoms with Gasteiger partial charge in [-0.2, -0.15) is 0 Å². The van der Waals surface area contributed by atoms with Gasteiger partial charge in [-0.3, -0.25) is 9.78 Å². The molecule has 8 heteroatoms. The molecule has 2 N–H and O–H groups in total. The number of anilines is 1. The first-order valence-electron chi connectivity index (χ1n) is 11.8. The van der Waals surface area contributed by atoms with Crippen molar-refractivity contribution in [1.82, 2.24) is 20.2 Å². The molecule has 0 bridgehead atoms. The van der Waals surface area contributed by atoms with E-state index >= 15 is 0 Å². The van der Waals surface area contributed by atoms with Crippen LogP contribution in [0, 0.1) is 11.8 Å². The summed E-state index contributed by atoms with van der Waals surface area (Å²) in [5, 5.41) is 8.69. The molecule has 6 nitrogen and oxygen atoms in total. The molecule has 2 atom stereocenters. The summed E-state index contributed by atoms with van der Waals surface area (Å²) in [6.45, 7) is 5.03. The molecule has 1 saturated carbocycles. The first-order valence-corrected chi connectivity index (χ1v) is 13.5. The maximum Gasteiger partial charge on any atom is 0.226 e. The van der Waals surface area contributed by atoms with Crippen LogP contribution in [0.3, 0.4) is 0 Å². The molecular weight excluding hydrogens is 438 g/mol. The Balaban J connectivity index is 1.19. The van der Waals surface area contributed by atoms with Crippen LogP contribution in [-0.4, -0.2) is 47.0 Å². The molecule has 1 saturated heterocycles. The molecule has 0 aromatic carbocycles. The number of nitrogens with one attached hydrogen (secondary N) is 2. The van der Waals surface area contributed by atoms with Crippen LogP contribution in [0.4, 0.5) is 5.00 Å². The number of aromatic nitrogens is 2. The van der Waals surface area contributed by atoms with E-state index in [2.05, 4.69) is 20.5 Å². The highest BCUT2D eigenvalue weighted by molar-refractivity contribution is 7.22. The topological polar surface area (TPSA) is 70.2 Å². The molecule has 3 aromatic heterocycles. The molecule has 3 aliphatic rings. The van der Waals surface area contributed by atoms with Gasteiger partial charge in [0.15, 0.2) is 0 Å². The van der Waals surface area contributed by atoms with Gasteiger partial charge in [0.1, 0.15) is 15.5 Å². The molecule has 5 heterocycles. The summed E-state index contributed by atoms with van der Waals surface area (Å²) in [5.74, 6) is 1.93. The Labute approximate surface area is 196 Å². The van der Waals surface area contributed by atoms with Gasteiger partial charge in [-0.05, 0) is 55.8 Å². The van der Waals surface area contributed by atoms with Crippen molar-refractivity contribution in [3.05, 3.63) is 28.9 Å². The molecule has 1 amide bonds. The van der Waals surface area contributed by atoms with Crippen LogP contribution in [0.25, 0.3) is 20.8 Å². The molecule has 1 aliphatic carbocycles. The van der Waals surface area contributed by atoms with Gasteiger partial charge in [-0.25, -0.2) is 4.98 Å². The number of thiazole rings is 1. The van der Waals surface area contributed by atoms with Crippen LogP contribution in [0.15, 0.2) is 18.5 Å². The van der Waals surface area contributed by atoms with Crippen LogP contribution < -0.4 is 10.6 Å². The Morgan fingerprint density at radius 2 is 2.19 bits per heavy atom. The Morgan fingerprint density at radius 3 is 3.12 bits per heavy atom. The highest BCUT2D eigenvalue weighted by atomic mass is 32.1. The predicted molar refractivity (Wildman–Crippen MR) is 131 cm³/mol. The Bertz CT molecular complexity index is 1110. The number of rotatable bonds is 5. The lowest BCUT2D eigenvalue weighted by Crippen LogP contribution is -2.39. The second-order valence-corrected chi connectivity index (χ2v) is 11.5. The van der Waals surface area contributed by atoms with Crippen molar-refractivity contribution in [2.45, 2.75) is 45.1 Å². The van der Waals surface area contributed by atoms with Crippen LogP contribution in [0.1, 0.15) is 42.5 Å². The molecule has 0 radical (unpaired) electrons. The van der Waals surface area contributed by atoms with E-state index < -0.39 is 0 Å². The summed E-state index contributed by atoms with van der Waals surface area (Å²) in [4.78, 5) is 25.9. The zero-order valence-electron chi connectivity index (χ0n) is 18.2. The van der Waals surface area contributed by atoms with Gasteiger partial charge in [0, 0.05) is 42.7 Å². The predicted octanol–water partition coefficient (Wildman–Crippen LogP) is 4.52. The maximum atomic E-state index is 13.0. The number of hydrogen-bond donors (Lipinski definition) is 2. The number of carbonyl (C=O) groups excluding carboxylic acids is 1. The minimum absolute atomic E-state index is 0.120. The fourth-order valence-electron chi connectivity index (χ4n) is 5.69. The number of fused-ring (bicyclic) bond motifs is 3. The number of pyridine rings is 1. The summed E-state index contributed by atoms with van der Waals surface area (Å²) in [6, 6.07) is 2.02. The summed E-state index contributed by atoms with van der Waals surface area (Å²) in [6.07, 6.45) is 10.7. The Kier molecular flexibility index (Phi) is 5.71. The summed E-state index contributed by atoms with van der Waals surface area (Å²) in [5.41, 5.74) is 3.40. The van der Waals surface area contributed by atoms with E-state index in [0.717, 1.165) is 70.2 Å². The summed E-state index contributed by atoms with van der Waals surface area (Å²) in [7, 11) is 0. The number of amides is 1. The smallest absolute Gasteiger partial charge is 0.226 e. The standard InChI is InChI=1S/C24H29N5OS2/c30-21(7-11-29-10-6-15-2-1-3-16(15)14-29)28-24-22(17-4-8-26-13-20(17)32-24)23-27-18-12-25-9-5-19(18)31-23/h5,9,12,15-16,26H,1-4,6-8,10-11,13-14H2,(H,28,30). The van der Waals surface area contributed by atoms with Crippen LogP contribution in [0.5, 0.6) is 0 Å². The lowest BCUT2D eigenvalue weighted by atomic mass is 9.88. The quantitative estimate of drug-likeness (QED) is 0.578. The van der Waals surface area contributed by atoms with E-state index in [9.17, 15) is 4.79 Å². The molecule has 2 fully saturated rings. The van der Waals surface area contributed by atoms with Crippen LogP contribution >= 0.6 is 22.7 Å². The minimum atomic E-state index is 0.120. The van der Waals surface area contributed by atoms with Crippen molar-refractivity contribution < 1.29 is 4.79 Å². The Morgan fingerprint density at radius 1 is 1.25 bits per heavy atom. The number of likely N-dealkylation sites (tertiary alicyclic amines) is 1. The van der Waals surface area contributed by atoms with Gasteiger partial charge >= 0.3 is 0 Å². The second-order valence-electron chi connectivity index (χ2n) is 9.34. The normalized spacial score (nSPS) is 23.2. The zero-order chi connectivity index (χ0) is 21.5. The van der Waals surface area contributed by atoms with Crippen molar-refractivity contribution in [3.8, 4) is 10.6 Å². The molecule has 2 aliphatic heterocycles. The van der Waals surface area contributed by atoms with Gasteiger partial charge in [0.25, 0.3) is 0 Å². The van der Waals surface area contributed by atoms with Crippen molar-refractivity contribution in [2.24, 2.45) is 11.8 Å². The number of nitrogens with zero attached hydrogens (tertiary/aromatic N) is 3. The Hall–Kier alpha value is -1.87. The molecule has 0 spiro atoms. The van der Waals surface area contributed by atoms with Crippen molar-refractivity contribution in [1.29, 1.82) is 0 Å². The van der Waals surface area contributed by atoms with Gasteiger partial charge in [-0.1, -0.05) is 12.8 Å². The van der Waals surface area contributed by atoms with Crippen LogP contribution in [-0.2, 0) is 17.8 Å². The van der Waals surface area contributed by atoms with Crippen molar-refractivity contribution in [2.75, 3.05) is 31.5 Å². The first-order chi connectivity index (χ1) is 15.7. The number of piperidine rings is 1. The number of carbonyl (C=O) groups is 1. The SMILES string of the molecule is O=C(CCN1CCC2CCCC2C1)Nc1sc2c(c1-c1nc3cnccc3s1)CCNC2. The second kappa shape index (κ2) is 8.82. The van der Waals surface area contributed by atoms with Gasteiger partial charge in [0.05, 0.1) is 10.9 Å². The van der Waals surface area contributed by atoms with Gasteiger partial charge in [-0.15, -0.1) is 22.7 Å². The number of thiophene rings is 1. The van der Waals surface area contributed by atoms with Gasteiger partial charge < -0.3 is 15.5 Å². The fraction of sp³-hybridized carbons (Fsp3) is 0.542. The van der Waals surface area contributed by atoms with E-state index in [4.69, 9.17) is 4.98 Å². The third kappa shape index (κ3) is 3.98. The fourth-order valence-corrected chi connectivity index (χ4v) is 8.00. The molecule has 3 aromatic rings. The number of hydrogen-bond acceptors (Lipinski definition) is 7. The van der Waals surface area contributed by atoms with Crippen molar-refractivity contribution in [3.63, 3.8) is 0 Å². The summed E-state index contributed by atoms with van der Waals surface area (Å²) >= 11 is 3.40. The highest BCUT2D eigenvalue weighted by Gasteiger charge is 2.32. The largest absolute Gasteiger partial charge is 0.317 e. The average molecular weight is 468 g/mol. The molecule has 32 heavy (non-hydrogen) atoms. The molecule has 168 valence electrons. The maximum absolute atomic E-state index is 13.0. The van der Waals surface area contributed by atoms with E-state index in [1.54, 1.807) is 22.7 Å². The molecule has 2 unspecified atom stereocenters. The zero-order valence-corrected chi connectivity index (χ0v) is 19.9. The van der Waals surface area contributed by atoms with E-state index in [1.807, 2.05) is 18.5 Å². The molecular formula is C24H29N5OS2. The lowest BCUT2D eigenvalue weighted by molar-refractivity contribution is -0.116. The van der Waals surface area contributed by atoms with E-state index in [0.29, 0.717) is 6.42 Å². The average Bonchev–Trinajstić information content (AvgIpc) is 3.52. The van der Waals surface area contributed by atoms with E-state index in [-0.39, 0.29) is 5.91 Å². The molecule has 6 rings (SSSR count). The van der Waals surface area contributed by atoms with Gasteiger partial charge in [0.2, 0.25) is 5.91 Å². The minimum Gasteiger partial charge on any atom is -0.317 e. The first kappa shape index (κ1) is 20.7. The monoisotopic (exact) mass is 467 g/mol. The van der Waals surface area contributed by atoms with Crippen molar-refractivity contribution >= 4 is 43.8 Å². The highest BCUT2D eigenvalue weighted by Crippen LogP contribution is 2.44.